The molecule has 0 fully saturated rings. The Balaban J connectivity index is 2.91. The SMILES string of the molecule is BrC(Br)=C1C#CC#CC(=C(Br)Br)CCCCCCCC1. The quantitative estimate of drug-likeness (QED) is 0.294. The molecule has 0 radical (unpaired) electrons. The highest BCUT2D eigenvalue weighted by atomic mass is 79.9. The Labute approximate surface area is 155 Å². The molecular weight excluding hydrogens is 512 g/mol. The van der Waals surface area contributed by atoms with Crippen LogP contribution >= 0.6 is 63.7 Å². The van der Waals surface area contributed by atoms with Gasteiger partial charge in [-0.2, -0.15) is 0 Å². The molecule has 1 aliphatic carbocycles. The van der Waals surface area contributed by atoms with Crippen molar-refractivity contribution in [2.45, 2.75) is 51.4 Å². The molecular formula is C16H16Br4. The highest BCUT2D eigenvalue weighted by Crippen LogP contribution is 2.25. The average molecular weight is 528 g/mol. The van der Waals surface area contributed by atoms with E-state index in [2.05, 4.69) is 87.4 Å². The number of hydrogen-bond donors (Lipinski definition) is 0. The van der Waals surface area contributed by atoms with E-state index >= 15 is 0 Å². The van der Waals surface area contributed by atoms with Gasteiger partial charge in [-0.15, -0.1) is 0 Å². The normalized spacial score (nSPS) is 17.2. The summed E-state index contributed by atoms with van der Waals surface area (Å²) in [4.78, 5) is 0. The summed E-state index contributed by atoms with van der Waals surface area (Å²) in [5, 5.41) is 0. The first kappa shape index (κ1) is 18.6. The van der Waals surface area contributed by atoms with Crippen LogP contribution in [-0.4, -0.2) is 0 Å². The number of rotatable bonds is 0. The Hall–Kier alpha value is 0.520. The van der Waals surface area contributed by atoms with E-state index in [4.69, 9.17) is 0 Å². The summed E-state index contributed by atoms with van der Waals surface area (Å²) in [6, 6.07) is 0. The summed E-state index contributed by atoms with van der Waals surface area (Å²) in [7, 11) is 0. The Bertz CT molecular complexity index is 450. The van der Waals surface area contributed by atoms with Crippen molar-refractivity contribution in [3.8, 4) is 23.7 Å². The smallest absolute Gasteiger partial charge is 0.0555 e. The molecule has 1 aliphatic rings. The predicted molar refractivity (Wildman–Crippen MR) is 102 cm³/mol. The monoisotopic (exact) mass is 524 g/mol. The van der Waals surface area contributed by atoms with E-state index in [9.17, 15) is 0 Å². The maximum atomic E-state index is 3.46. The van der Waals surface area contributed by atoms with Crippen LogP contribution in [0.3, 0.4) is 0 Å². The molecule has 0 aromatic heterocycles. The molecule has 108 valence electrons. The summed E-state index contributed by atoms with van der Waals surface area (Å²) >= 11 is 13.8. The molecule has 0 atom stereocenters. The van der Waals surface area contributed by atoms with Gasteiger partial charge in [-0.05, 0) is 101 Å². The van der Waals surface area contributed by atoms with Gasteiger partial charge >= 0.3 is 0 Å². The molecule has 1 rings (SSSR count). The zero-order valence-corrected chi connectivity index (χ0v) is 17.5. The van der Waals surface area contributed by atoms with Gasteiger partial charge in [-0.25, -0.2) is 0 Å². The molecule has 0 unspecified atom stereocenters. The van der Waals surface area contributed by atoms with Gasteiger partial charge in [0, 0.05) is 11.1 Å². The third-order valence-electron chi connectivity index (χ3n) is 3.05. The van der Waals surface area contributed by atoms with Gasteiger partial charge in [-0.1, -0.05) is 37.5 Å². The molecule has 0 heterocycles. The fraction of sp³-hybridized carbons (Fsp3) is 0.500. The van der Waals surface area contributed by atoms with E-state index < -0.39 is 0 Å². The highest BCUT2D eigenvalue weighted by molar-refractivity contribution is 9.28. The Morgan fingerprint density at radius 3 is 1.30 bits per heavy atom. The van der Waals surface area contributed by atoms with Gasteiger partial charge in [0.05, 0.1) is 6.78 Å². The van der Waals surface area contributed by atoms with Crippen molar-refractivity contribution in [2.75, 3.05) is 0 Å². The number of hydrogen-bond acceptors (Lipinski definition) is 0. The first-order chi connectivity index (χ1) is 9.61. The van der Waals surface area contributed by atoms with E-state index in [0.29, 0.717) is 0 Å². The largest absolute Gasteiger partial charge is 0.0719 e. The minimum absolute atomic E-state index is 0.948. The first-order valence-electron chi connectivity index (χ1n) is 6.71. The van der Waals surface area contributed by atoms with Crippen molar-refractivity contribution in [3.63, 3.8) is 0 Å². The molecule has 0 aromatic rings. The van der Waals surface area contributed by atoms with Crippen LogP contribution in [0.5, 0.6) is 0 Å². The molecule has 0 aromatic carbocycles. The lowest BCUT2D eigenvalue weighted by atomic mass is 10.0. The standard InChI is InChI=1S/C16H16Br4/c17-15(18)13-9-5-3-1-2-4-6-10-14(16(19)20)12-8-7-11-13/h1-6,9-10H2. The summed E-state index contributed by atoms with van der Waals surface area (Å²) in [5.41, 5.74) is 2.19. The molecule has 4 heteroatoms. The van der Waals surface area contributed by atoms with Crippen LogP contribution in [-0.2, 0) is 0 Å². The van der Waals surface area contributed by atoms with Crippen molar-refractivity contribution in [1.82, 2.24) is 0 Å². The van der Waals surface area contributed by atoms with Crippen LogP contribution in [0.25, 0.3) is 0 Å². The second-order valence-corrected chi connectivity index (χ2v) is 9.90. The van der Waals surface area contributed by atoms with E-state index in [-0.39, 0.29) is 0 Å². The van der Waals surface area contributed by atoms with Crippen LogP contribution in [0, 0.1) is 23.7 Å². The van der Waals surface area contributed by atoms with Gasteiger partial charge < -0.3 is 0 Å². The van der Waals surface area contributed by atoms with Gasteiger partial charge in [0.1, 0.15) is 0 Å². The fourth-order valence-corrected chi connectivity index (χ4v) is 3.12. The topological polar surface area (TPSA) is 0 Å². The second kappa shape index (κ2) is 11.1. The maximum absolute atomic E-state index is 3.46. The third-order valence-corrected chi connectivity index (χ3v) is 4.96. The molecule has 0 aliphatic heterocycles. The number of allylic oxidation sites excluding steroid dienone is 2. The molecule has 0 saturated carbocycles. The van der Waals surface area contributed by atoms with Crippen LogP contribution in [0.4, 0.5) is 0 Å². The van der Waals surface area contributed by atoms with Crippen LogP contribution in [0.2, 0.25) is 0 Å². The summed E-state index contributed by atoms with van der Waals surface area (Å²) in [5.74, 6) is 12.2. The van der Waals surface area contributed by atoms with Gasteiger partial charge in [0.25, 0.3) is 0 Å². The minimum Gasteiger partial charge on any atom is -0.0555 e. The van der Waals surface area contributed by atoms with Gasteiger partial charge in [0.15, 0.2) is 0 Å². The van der Waals surface area contributed by atoms with E-state index in [1.807, 2.05) is 0 Å². The molecule has 0 N–H and O–H groups in total. The predicted octanol–water partition coefficient (Wildman–Crippen LogP) is 7.13. The summed E-state index contributed by atoms with van der Waals surface area (Å²) in [6.07, 6.45) is 9.55. The molecule has 0 spiro atoms. The van der Waals surface area contributed by atoms with Crippen molar-refractivity contribution >= 4 is 63.7 Å². The van der Waals surface area contributed by atoms with E-state index in [1.54, 1.807) is 0 Å². The van der Waals surface area contributed by atoms with Crippen molar-refractivity contribution in [2.24, 2.45) is 0 Å². The zero-order valence-electron chi connectivity index (χ0n) is 11.2. The third kappa shape index (κ3) is 8.08. The lowest BCUT2D eigenvalue weighted by Crippen LogP contribution is -1.87. The van der Waals surface area contributed by atoms with Gasteiger partial charge in [0.2, 0.25) is 0 Å². The Morgan fingerprint density at radius 1 is 0.600 bits per heavy atom. The van der Waals surface area contributed by atoms with Crippen molar-refractivity contribution < 1.29 is 0 Å². The van der Waals surface area contributed by atoms with E-state index in [1.165, 1.54) is 38.5 Å². The van der Waals surface area contributed by atoms with Crippen LogP contribution in [0.1, 0.15) is 51.4 Å². The Morgan fingerprint density at radius 2 is 0.950 bits per heavy atom. The highest BCUT2D eigenvalue weighted by Gasteiger charge is 2.02. The summed E-state index contributed by atoms with van der Waals surface area (Å²) < 4.78 is 1.90. The molecule has 0 amide bonds. The van der Waals surface area contributed by atoms with Crippen molar-refractivity contribution in [3.05, 3.63) is 17.9 Å². The molecule has 20 heavy (non-hydrogen) atoms. The van der Waals surface area contributed by atoms with Crippen molar-refractivity contribution in [1.29, 1.82) is 0 Å². The molecule has 0 nitrogen and oxygen atoms in total. The summed E-state index contributed by atoms with van der Waals surface area (Å²) in [6.45, 7) is 0. The molecule has 0 bridgehead atoms. The lowest BCUT2D eigenvalue weighted by Gasteiger charge is -2.04. The molecule has 0 saturated heterocycles. The van der Waals surface area contributed by atoms with Crippen LogP contribution < -0.4 is 0 Å². The van der Waals surface area contributed by atoms with E-state index in [0.717, 1.165) is 30.8 Å². The minimum atomic E-state index is 0.948. The Kier molecular flexibility index (Phi) is 10.3. The zero-order chi connectivity index (χ0) is 14.8. The lowest BCUT2D eigenvalue weighted by molar-refractivity contribution is 0.596. The number of halogens is 4. The van der Waals surface area contributed by atoms with Crippen LogP contribution in [0.15, 0.2) is 17.9 Å². The fourth-order valence-electron chi connectivity index (χ4n) is 1.93. The second-order valence-electron chi connectivity index (χ2n) is 4.60. The van der Waals surface area contributed by atoms with Gasteiger partial charge in [-0.3, -0.25) is 0 Å². The first-order valence-corrected chi connectivity index (χ1v) is 9.89. The maximum Gasteiger partial charge on any atom is 0.0719 e. The average Bonchev–Trinajstić information content (AvgIpc) is 2.40.